The maximum atomic E-state index is 17.6. The molecule has 16 fully saturated rings. The first kappa shape index (κ1) is 55.8. The summed E-state index contributed by atoms with van der Waals surface area (Å²) in [6.07, 6.45) is 27.1. The molecule has 1 aromatic heterocycles. The smallest absolute Gasteiger partial charge is 0.339 e. The number of ketones is 1. The summed E-state index contributed by atoms with van der Waals surface area (Å²) in [6, 6.07) is 11.3. The van der Waals surface area contributed by atoms with E-state index in [2.05, 4.69) is 84.6 Å². The first-order valence-corrected chi connectivity index (χ1v) is 37.4. The van der Waals surface area contributed by atoms with Gasteiger partial charge in [-0.1, -0.05) is 67.7 Å². The number of aliphatic hydroxyl groups is 3. The van der Waals surface area contributed by atoms with Gasteiger partial charge in [-0.15, -0.1) is 0 Å². The molecule has 9 bridgehead atoms. The Labute approximate surface area is 541 Å². The largest absolute Gasteiger partial charge is 0.469 e. The number of nitrogens with one attached hydrogen (secondary N) is 1. The van der Waals surface area contributed by atoms with Crippen LogP contribution in [0.2, 0.25) is 0 Å². The number of epoxide rings is 1. The molecule has 8 spiro atoms. The van der Waals surface area contributed by atoms with Crippen LogP contribution in [0, 0.1) is 145 Å². The SMILES string of the molecule is CC12CC=C3CC4CCC56CCC78CCCC7CCC(CC7C9CC%10(C)C%11%12OC(=O)C%13OC%13%10C%10(C(O)C(=O)C1C1(COC(=O)C(C31O2)C475)C9%10)C1CC(Cc2ccccc2)CCC1C#CC%11CCc1coc(CC(C(O)CO)C2CCC3C(C=CN4CNCC34)C2)c1%12)C86. The van der Waals surface area contributed by atoms with Crippen molar-refractivity contribution in [2.24, 2.45) is 133 Å². The van der Waals surface area contributed by atoms with Crippen LogP contribution < -0.4 is 5.32 Å². The lowest BCUT2D eigenvalue weighted by molar-refractivity contribution is -0.323. The van der Waals surface area contributed by atoms with E-state index in [1.807, 2.05) is 6.26 Å². The molecule has 11 saturated carbocycles. The quantitative estimate of drug-likeness (QED) is 0.0892. The number of nitrogens with zero attached hydrogens (tertiary/aromatic N) is 1. The number of benzene rings is 1. The fourth-order valence-corrected chi connectivity index (χ4v) is 32.9. The van der Waals surface area contributed by atoms with Crippen molar-refractivity contribution >= 4 is 17.7 Å². The van der Waals surface area contributed by atoms with E-state index in [1.165, 1.54) is 49.7 Å². The predicted octanol–water partition coefficient (Wildman–Crippen LogP) is 9.96. The fourth-order valence-electron chi connectivity index (χ4n) is 32.9. The van der Waals surface area contributed by atoms with Gasteiger partial charge in [0.05, 0.1) is 54.4 Å². The molecule has 20 aliphatic rings. The molecule has 5 saturated heterocycles. The molecule has 486 valence electrons. The highest BCUT2D eigenvalue weighted by molar-refractivity contribution is 5.94. The topological polar surface area (TPSA) is 181 Å². The summed E-state index contributed by atoms with van der Waals surface area (Å²) >= 11 is 0. The molecule has 92 heavy (non-hydrogen) atoms. The number of aliphatic hydroxyl groups excluding tert-OH is 3. The average molecular weight is 1250 g/mol. The molecule has 0 radical (unpaired) electrons. The van der Waals surface area contributed by atoms with Gasteiger partial charge in [0.25, 0.3) is 0 Å². The molecule has 13 aliphatic carbocycles. The Morgan fingerprint density at radius 3 is 2.62 bits per heavy atom. The molecule has 8 heterocycles. The Bertz CT molecular complexity index is 3760. The maximum absolute atomic E-state index is 17.6. The lowest BCUT2D eigenvalue weighted by Gasteiger charge is -2.75. The lowest BCUT2D eigenvalue weighted by atomic mass is 9.27. The van der Waals surface area contributed by atoms with Crippen molar-refractivity contribution in [3.63, 3.8) is 0 Å². The van der Waals surface area contributed by atoms with Gasteiger partial charge in [-0.2, -0.15) is 0 Å². The van der Waals surface area contributed by atoms with E-state index < -0.39 is 92.0 Å². The van der Waals surface area contributed by atoms with Crippen LogP contribution in [-0.2, 0) is 58.2 Å². The highest BCUT2D eigenvalue weighted by atomic mass is 16.7. The summed E-state index contributed by atoms with van der Waals surface area (Å²) in [5.41, 5.74) is -4.70. The van der Waals surface area contributed by atoms with Gasteiger partial charge in [0, 0.05) is 41.3 Å². The van der Waals surface area contributed by atoms with Crippen LogP contribution in [0.3, 0.4) is 0 Å². The number of carbonyl (C=O) groups is 3. The lowest BCUT2D eigenvalue weighted by Crippen LogP contribution is -2.84. The van der Waals surface area contributed by atoms with E-state index in [9.17, 15) is 10.2 Å². The zero-order valence-electron chi connectivity index (χ0n) is 54.0. The second kappa shape index (κ2) is 17.7. The number of hydrogen-bond donors (Lipinski definition) is 4. The number of fused-ring (bicyclic) bond motifs is 8. The number of rotatable bonds is 7. The first-order valence-electron chi connectivity index (χ1n) is 37.4. The van der Waals surface area contributed by atoms with Crippen molar-refractivity contribution in [1.82, 2.24) is 10.2 Å². The summed E-state index contributed by atoms with van der Waals surface area (Å²) in [7, 11) is 0. The second-order valence-electron chi connectivity index (χ2n) is 36.0. The molecule has 2 aromatic rings. The van der Waals surface area contributed by atoms with Crippen LogP contribution in [0.15, 0.2) is 64.9 Å². The van der Waals surface area contributed by atoms with Gasteiger partial charge in [-0.3, -0.25) is 14.9 Å². The maximum Gasteiger partial charge on any atom is 0.339 e. The number of esters is 2. The molecular formula is C79H94N2O11. The van der Waals surface area contributed by atoms with Crippen molar-refractivity contribution < 1.29 is 53.1 Å². The molecule has 13 nitrogen and oxygen atoms in total. The molecule has 31 unspecified atom stereocenters. The monoisotopic (exact) mass is 1250 g/mol. The number of cyclic esters (lactones) is 1. The van der Waals surface area contributed by atoms with Crippen LogP contribution in [0.1, 0.15) is 165 Å². The summed E-state index contributed by atoms with van der Waals surface area (Å²) in [5, 5.41) is 42.4. The van der Waals surface area contributed by atoms with Gasteiger partial charge in [0.1, 0.15) is 29.7 Å². The third kappa shape index (κ3) is 5.69. The standard InChI is InChI=1S/C79H94N2O11/c1-70-24-20-51-33-50-21-25-73-27-26-72-23-6-9-48(72)16-13-46(62(72)73)32-56-54-35-71(2)77-49(18-14-47-38-88-59(60(47)77)34-53(58(83)37-82)44-15-19-52-45(31-44)22-28-81-40-80-36-57(52)81)17-12-43-11-10-42(29-41-7-4-3-5-8-41)30-55(43)76(79(71)67(90-79)69(87)91-77)63(54)74(64(70)61(84)66(76)85)39-89-68(86)65(75(50,56)73)78(51,74)92-70/h3-5,7-8,20,22,28,38,42-46,48-50,52-58,62-67,80,82-83,85H,6,9-11,13-16,18-19,21,23-27,29-37,39-40H2,1-2H3. The third-order valence-corrected chi connectivity index (χ3v) is 34.5. The number of Topliss-reactive ketones (excluding diaryl/α,β-unsaturated/α-hetero) is 1. The van der Waals surface area contributed by atoms with Gasteiger partial charge in [0.2, 0.25) is 0 Å². The Morgan fingerprint density at radius 2 is 1.74 bits per heavy atom. The van der Waals surface area contributed by atoms with E-state index in [4.69, 9.17) is 23.4 Å². The minimum atomic E-state index is -1.55. The number of hydrogen-bond acceptors (Lipinski definition) is 13. The average Bonchev–Trinajstić information content (AvgIpc) is 1.40. The summed E-state index contributed by atoms with van der Waals surface area (Å²) in [5.74, 6) is 7.85. The van der Waals surface area contributed by atoms with Gasteiger partial charge in [-0.25, -0.2) is 4.79 Å². The number of carbonyl (C=O) groups excluding carboxylic acids is 3. The van der Waals surface area contributed by atoms with Crippen LogP contribution >= 0.6 is 0 Å². The number of aryl methyl sites for hydroxylation is 1. The molecule has 7 aliphatic heterocycles. The van der Waals surface area contributed by atoms with E-state index in [0.29, 0.717) is 79.9 Å². The third-order valence-electron chi connectivity index (χ3n) is 34.5. The van der Waals surface area contributed by atoms with Gasteiger partial charge in [0.15, 0.2) is 17.5 Å². The molecule has 13 heteroatoms. The molecular weight excluding hydrogens is 1150 g/mol. The van der Waals surface area contributed by atoms with Crippen LogP contribution in [0.5, 0.6) is 0 Å². The Hall–Kier alpha value is -4.29. The van der Waals surface area contributed by atoms with Crippen molar-refractivity contribution in [2.75, 3.05) is 26.4 Å². The van der Waals surface area contributed by atoms with Crippen LogP contribution in [0.25, 0.3) is 0 Å². The van der Waals surface area contributed by atoms with Crippen molar-refractivity contribution in [3.05, 3.63) is 83.0 Å². The van der Waals surface area contributed by atoms with E-state index >= 15 is 19.5 Å². The Morgan fingerprint density at radius 1 is 0.848 bits per heavy atom. The Balaban J connectivity index is 0.810. The van der Waals surface area contributed by atoms with Crippen LogP contribution in [0.4, 0.5) is 0 Å². The van der Waals surface area contributed by atoms with Gasteiger partial charge < -0.3 is 43.6 Å². The minimum Gasteiger partial charge on any atom is -0.469 e. The zero-order chi connectivity index (χ0) is 61.4. The zero-order valence-corrected chi connectivity index (χ0v) is 54.0. The Kier molecular flexibility index (Phi) is 10.7. The molecule has 22 rings (SSSR count). The number of furan rings is 1. The predicted molar refractivity (Wildman–Crippen MR) is 334 cm³/mol. The van der Waals surface area contributed by atoms with Crippen LogP contribution in [-0.4, -0.2) is 106 Å². The first-order chi connectivity index (χ1) is 44.7. The summed E-state index contributed by atoms with van der Waals surface area (Å²) in [4.78, 5) is 53.4. The molecule has 4 N–H and O–H groups in total. The van der Waals surface area contributed by atoms with E-state index in [-0.39, 0.29) is 83.1 Å². The normalized spacial score (nSPS) is 56.4. The fraction of sp³-hybridized carbons (Fsp3) is 0.759. The van der Waals surface area contributed by atoms with E-state index in [0.717, 1.165) is 95.0 Å². The molecule has 1 aromatic carbocycles. The van der Waals surface area contributed by atoms with Gasteiger partial charge >= 0.3 is 11.9 Å². The highest BCUT2D eigenvalue weighted by Crippen LogP contribution is 2.96. The number of ether oxygens (including phenoxy) is 4. The van der Waals surface area contributed by atoms with Crippen molar-refractivity contribution in [1.29, 1.82) is 0 Å². The summed E-state index contributed by atoms with van der Waals surface area (Å²) < 4.78 is 38.8. The van der Waals surface area contributed by atoms with E-state index in [1.54, 1.807) is 0 Å². The van der Waals surface area contributed by atoms with Crippen molar-refractivity contribution in [3.8, 4) is 11.8 Å². The number of allylic oxidation sites excluding steroid dienone is 1. The molecule has 31 atom stereocenters. The summed E-state index contributed by atoms with van der Waals surface area (Å²) in [6.45, 7) is 6.11. The second-order valence-corrected chi connectivity index (χ2v) is 36.0. The molecule has 0 amide bonds. The van der Waals surface area contributed by atoms with Gasteiger partial charge in [-0.05, 0) is 258 Å². The van der Waals surface area contributed by atoms with Crippen molar-refractivity contribution in [2.45, 2.75) is 208 Å². The minimum absolute atomic E-state index is 0.0240. The highest BCUT2D eigenvalue weighted by Gasteiger charge is 3.02.